The molecule has 3 unspecified atom stereocenters. The Morgan fingerprint density at radius 3 is 2.23 bits per heavy atom. The van der Waals surface area contributed by atoms with Gasteiger partial charge < -0.3 is 18.6 Å². The number of nitrogens with zero attached hydrogens (tertiary/aromatic N) is 2. The van der Waals surface area contributed by atoms with Gasteiger partial charge in [-0.1, -0.05) is 135 Å². The van der Waals surface area contributed by atoms with E-state index in [4.69, 9.17) is 9.15 Å². The summed E-state index contributed by atoms with van der Waals surface area (Å²) in [4.78, 5) is 2.63. The van der Waals surface area contributed by atoms with E-state index in [0.29, 0.717) is 24.4 Å². The van der Waals surface area contributed by atoms with E-state index in [-0.39, 0.29) is 5.41 Å². The maximum absolute atomic E-state index is 6.18. The van der Waals surface area contributed by atoms with Gasteiger partial charge in [-0.25, -0.2) is 0 Å². The predicted molar refractivity (Wildman–Crippen MR) is 283 cm³/mol. The fraction of sp³-hybridized carbons (Fsp3) is 0.138. The van der Waals surface area contributed by atoms with Gasteiger partial charge in [-0.3, -0.25) is 0 Å². The van der Waals surface area contributed by atoms with E-state index in [1.807, 2.05) is 12.1 Å². The van der Waals surface area contributed by atoms with Crippen molar-refractivity contribution in [3.8, 4) is 44.8 Å². The predicted octanol–water partition coefficient (Wildman–Crippen LogP) is 16.8. The van der Waals surface area contributed by atoms with Crippen LogP contribution in [0.4, 0.5) is 5.69 Å². The van der Waals surface area contributed by atoms with Crippen LogP contribution in [0, 0.1) is 11.8 Å². The molecule has 69 heavy (non-hydrogen) atoms. The molecule has 0 N–H and O–H groups in total. The number of hydrogen-bond donors (Lipinski definition) is 0. The highest BCUT2D eigenvalue weighted by Gasteiger charge is 2.50. The van der Waals surface area contributed by atoms with Crippen molar-refractivity contribution in [3.05, 3.63) is 234 Å². The van der Waals surface area contributed by atoms with E-state index in [1.165, 1.54) is 106 Å². The molecule has 0 radical (unpaired) electrons. The average molecular weight is 889 g/mol. The number of ether oxygens (including phenoxy) is 1. The Labute approximate surface area is 401 Å². The zero-order chi connectivity index (χ0) is 45.5. The number of hydrogen-bond acceptors (Lipinski definition) is 3. The Bertz CT molecular complexity index is 3960. The van der Waals surface area contributed by atoms with Crippen molar-refractivity contribution in [3.63, 3.8) is 0 Å². The van der Waals surface area contributed by atoms with Gasteiger partial charge in [-0.05, 0) is 148 Å². The lowest BCUT2D eigenvalue weighted by atomic mass is 9.70. The Hall–Kier alpha value is -8.08. The van der Waals surface area contributed by atoms with Gasteiger partial charge in [-0.15, -0.1) is 0 Å². The number of aromatic nitrogens is 1. The summed E-state index contributed by atoms with van der Waals surface area (Å²) in [5, 5.41) is 4.89. The number of furan rings is 1. The summed E-state index contributed by atoms with van der Waals surface area (Å²) in [5.41, 5.74) is 22.1. The third-order valence-electron chi connectivity index (χ3n) is 16.1. The molecule has 4 heteroatoms. The summed E-state index contributed by atoms with van der Waals surface area (Å²) in [6.07, 6.45) is 14.4. The molecule has 4 nitrogen and oxygen atoms in total. The molecule has 8 aromatic carbocycles. The highest BCUT2D eigenvalue weighted by atomic mass is 16.5. The summed E-state index contributed by atoms with van der Waals surface area (Å²) in [6, 6.07) is 62.5. The Morgan fingerprint density at radius 2 is 1.33 bits per heavy atom. The van der Waals surface area contributed by atoms with Gasteiger partial charge in [0.05, 0.1) is 11.0 Å². The molecule has 3 aliphatic carbocycles. The smallest absolute Gasteiger partial charge is 0.135 e. The van der Waals surface area contributed by atoms with Crippen LogP contribution in [0.25, 0.3) is 82.8 Å². The summed E-state index contributed by atoms with van der Waals surface area (Å²) in [5.74, 6) is 2.46. The first-order valence-corrected chi connectivity index (χ1v) is 24.6. The van der Waals surface area contributed by atoms with Crippen LogP contribution in [0.1, 0.15) is 49.3 Å². The van der Waals surface area contributed by atoms with Crippen molar-refractivity contribution in [2.45, 2.75) is 44.6 Å². The molecule has 1 saturated carbocycles. The van der Waals surface area contributed by atoms with Crippen LogP contribution in [0.15, 0.2) is 222 Å². The van der Waals surface area contributed by atoms with Crippen molar-refractivity contribution in [1.29, 1.82) is 0 Å². The van der Waals surface area contributed by atoms with Crippen LogP contribution < -0.4 is 9.64 Å². The van der Waals surface area contributed by atoms with Gasteiger partial charge >= 0.3 is 0 Å². The molecular formula is C65H48N2O2. The first kappa shape index (κ1) is 39.0. The van der Waals surface area contributed by atoms with Gasteiger partial charge in [0.25, 0.3) is 0 Å². The summed E-state index contributed by atoms with van der Waals surface area (Å²) in [7, 11) is 0. The van der Waals surface area contributed by atoms with Gasteiger partial charge in [0.2, 0.25) is 0 Å². The zero-order valence-corrected chi connectivity index (χ0v) is 38.6. The Morgan fingerprint density at radius 1 is 0.580 bits per heavy atom. The van der Waals surface area contributed by atoms with Crippen LogP contribution in [0.5, 0.6) is 5.75 Å². The molecule has 0 saturated heterocycles. The van der Waals surface area contributed by atoms with Gasteiger partial charge in [0.15, 0.2) is 0 Å². The lowest BCUT2D eigenvalue weighted by molar-refractivity contribution is 0.302. The maximum Gasteiger partial charge on any atom is 0.135 e. The van der Waals surface area contributed by atoms with Crippen molar-refractivity contribution in [1.82, 2.24) is 4.57 Å². The number of rotatable bonds is 5. The molecule has 15 rings (SSSR count). The van der Waals surface area contributed by atoms with Crippen LogP contribution >= 0.6 is 0 Å². The molecule has 3 atom stereocenters. The normalized spacial score (nSPS) is 19.5. The second-order valence-electron chi connectivity index (χ2n) is 20.3. The third-order valence-corrected chi connectivity index (χ3v) is 16.1. The molecule has 0 bridgehead atoms. The average Bonchev–Trinajstić information content (AvgIpc) is 4.01. The molecule has 4 heterocycles. The van der Waals surface area contributed by atoms with Crippen LogP contribution in [0.2, 0.25) is 0 Å². The van der Waals surface area contributed by atoms with Crippen LogP contribution in [0.3, 0.4) is 0 Å². The number of benzene rings is 8. The number of anilines is 1. The first-order chi connectivity index (χ1) is 33.9. The van der Waals surface area contributed by atoms with E-state index in [0.717, 1.165) is 34.6 Å². The monoisotopic (exact) mass is 888 g/mol. The first-order valence-electron chi connectivity index (χ1n) is 24.6. The second kappa shape index (κ2) is 14.5. The highest BCUT2D eigenvalue weighted by molar-refractivity contribution is 6.10. The molecule has 2 aromatic heterocycles. The number of allylic oxidation sites excluding steroid dienone is 7. The second-order valence-corrected chi connectivity index (χ2v) is 20.3. The van der Waals surface area contributed by atoms with E-state index in [9.17, 15) is 0 Å². The zero-order valence-electron chi connectivity index (χ0n) is 38.6. The van der Waals surface area contributed by atoms with Crippen molar-refractivity contribution in [2.75, 3.05) is 4.90 Å². The number of para-hydroxylation sites is 3. The molecule has 1 fully saturated rings. The minimum Gasteiger partial charge on any atom is -0.488 e. The van der Waals surface area contributed by atoms with Crippen LogP contribution in [-0.2, 0) is 12.0 Å². The maximum atomic E-state index is 6.18. The summed E-state index contributed by atoms with van der Waals surface area (Å²) < 4.78 is 14.6. The quantitative estimate of drug-likeness (QED) is 0.172. The largest absolute Gasteiger partial charge is 0.488 e. The van der Waals surface area contributed by atoms with Gasteiger partial charge in [0.1, 0.15) is 23.5 Å². The Balaban J connectivity index is 0.776. The highest BCUT2D eigenvalue weighted by Crippen LogP contribution is 2.59. The molecule has 0 amide bonds. The summed E-state index contributed by atoms with van der Waals surface area (Å²) >= 11 is 0. The lowest BCUT2D eigenvalue weighted by Gasteiger charge is -2.45. The van der Waals surface area contributed by atoms with Crippen molar-refractivity contribution < 1.29 is 9.15 Å². The Kier molecular flexibility index (Phi) is 8.17. The fourth-order valence-corrected chi connectivity index (χ4v) is 12.4. The summed E-state index contributed by atoms with van der Waals surface area (Å²) in [6.45, 7) is 5.48. The van der Waals surface area contributed by atoms with Gasteiger partial charge in [0, 0.05) is 67.1 Å². The van der Waals surface area contributed by atoms with E-state index in [2.05, 4.69) is 211 Å². The lowest BCUT2D eigenvalue weighted by Crippen LogP contribution is -2.37. The van der Waals surface area contributed by atoms with E-state index in [1.54, 1.807) is 0 Å². The molecule has 10 aromatic rings. The van der Waals surface area contributed by atoms with Crippen molar-refractivity contribution >= 4 is 49.4 Å². The fourth-order valence-electron chi connectivity index (χ4n) is 12.4. The SMILES string of the molecule is CC1(C)C2=C(C3CC3C=C2)N(C2=CCC(c3ccc4oc5ccccc5c4c3)C=C2)c2ccc(-c3ccc4c(c3)c3ccccc3n4-c3ccc(-c4ccc5c(c4)-c4ccccc4OC5)cc3)cc21. The van der Waals surface area contributed by atoms with Crippen molar-refractivity contribution in [2.24, 2.45) is 11.8 Å². The third kappa shape index (κ3) is 5.88. The molecule has 5 aliphatic rings. The van der Waals surface area contributed by atoms with Gasteiger partial charge in [-0.2, -0.15) is 0 Å². The standard InChI is InChI=1S/C65H48N2O2/c1-65(2)56-29-21-45-36-53(45)64(56)67(48-27-19-40(20-28-48)42-24-32-63-55(35-42)51-11-5-8-14-62(51)69-63)60-31-23-44(37-57(60)65)43-22-30-59-54(34-43)49-9-3-6-12-58(49)66(59)47-25-17-39(18-26-47)41-15-16-46-38-68-61-13-7-4-10-50(61)52(46)33-41/h3-19,21-35,37,40,45,53H,20,36,38H2,1-2H3. The molecular weight excluding hydrogens is 841 g/mol. The van der Waals surface area contributed by atoms with E-state index >= 15 is 0 Å². The van der Waals surface area contributed by atoms with Crippen LogP contribution in [-0.4, -0.2) is 4.57 Å². The number of fused-ring (bicyclic) bond motifs is 12. The van der Waals surface area contributed by atoms with E-state index < -0.39 is 0 Å². The molecule has 2 aliphatic heterocycles. The minimum atomic E-state index is -0.157. The molecule has 330 valence electrons. The molecule has 0 spiro atoms. The minimum absolute atomic E-state index is 0.157. The topological polar surface area (TPSA) is 30.5 Å².